The number of hydrogen-bond donors (Lipinski definition) is 1. The van der Waals surface area contributed by atoms with Gasteiger partial charge in [0, 0.05) is 12.1 Å². The van der Waals surface area contributed by atoms with E-state index in [1.807, 2.05) is 0 Å². The lowest BCUT2D eigenvalue weighted by Gasteiger charge is -2.46. The smallest absolute Gasteiger partial charge is 0.308 e. The standard InChI is InChI=1S/C18H33NO2/c1-4-7-14-10-11-15(18(20)21)17(12-14)19(3)16-9-6-5-8-13(16)2/h13-17H,4-12H2,1-3H3,(H,20,21). The second-order valence-corrected chi connectivity index (χ2v) is 7.47. The van der Waals surface area contributed by atoms with Crippen LogP contribution in [0.5, 0.6) is 0 Å². The highest BCUT2D eigenvalue weighted by molar-refractivity contribution is 5.71. The van der Waals surface area contributed by atoms with Crippen LogP contribution in [0, 0.1) is 17.8 Å². The zero-order valence-electron chi connectivity index (χ0n) is 14.1. The molecule has 21 heavy (non-hydrogen) atoms. The monoisotopic (exact) mass is 295 g/mol. The maximum Gasteiger partial charge on any atom is 0.308 e. The fraction of sp³-hybridized carbons (Fsp3) is 0.944. The van der Waals surface area contributed by atoms with Gasteiger partial charge in [0.05, 0.1) is 5.92 Å². The Kier molecular flexibility index (Phi) is 6.09. The minimum Gasteiger partial charge on any atom is -0.481 e. The van der Waals surface area contributed by atoms with Crippen LogP contribution >= 0.6 is 0 Å². The van der Waals surface area contributed by atoms with Crippen LogP contribution in [0.2, 0.25) is 0 Å². The third kappa shape index (κ3) is 4.00. The Balaban J connectivity index is 2.08. The summed E-state index contributed by atoms with van der Waals surface area (Å²) in [6, 6.07) is 0.837. The van der Waals surface area contributed by atoms with E-state index in [0.29, 0.717) is 12.0 Å². The van der Waals surface area contributed by atoms with Crippen LogP contribution in [-0.2, 0) is 4.79 Å². The van der Waals surface area contributed by atoms with E-state index >= 15 is 0 Å². The normalized spacial score (nSPS) is 37.6. The second-order valence-electron chi connectivity index (χ2n) is 7.47. The fourth-order valence-corrected chi connectivity index (χ4v) is 4.79. The van der Waals surface area contributed by atoms with Gasteiger partial charge >= 0.3 is 5.97 Å². The molecule has 0 saturated heterocycles. The molecule has 0 bridgehead atoms. The number of carboxylic acid groups (broad SMARTS) is 1. The quantitative estimate of drug-likeness (QED) is 0.827. The van der Waals surface area contributed by atoms with Gasteiger partial charge in [0.25, 0.3) is 0 Å². The Morgan fingerprint density at radius 3 is 2.48 bits per heavy atom. The molecule has 3 heteroatoms. The Bertz CT molecular complexity index is 344. The molecule has 122 valence electrons. The van der Waals surface area contributed by atoms with Crippen molar-refractivity contribution in [3.63, 3.8) is 0 Å². The van der Waals surface area contributed by atoms with Gasteiger partial charge in [0.15, 0.2) is 0 Å². The predicted molar refractivity (Wildman–Crippen MR) is 86.3 cm³/mol. The van der Waals surface area contributed by atoms with Crippen molar-refractivity contribution in [2.45, 2.75) is 83.7 Å². The van der Waals surface area contributed by atoms with Crippen molar-refractivity contribution in [2.75, 3.05) is 7.05 Å². The molecule has 0 aliphatic heterocycles. The molecule has 0 aromatic rings. The molecular weight excluding hydrogens is 262 g/mol. The van der Waals surface area contributed by atoms with Crippen molar-refractivity contribution in [1.82, 2.24) is 4.90 Å². The minimum absolute atomic E-state index is 0.155. The predicted octanol–water partition coefficient (Wildman–Crippen LogP) is 4.17. The Morgan fingerprint density at radius 2 is 1.86 bits per heavy atom. The molecule has 2 fully saturated rings. The second kappa shape index (κ2) is 7.62. The zero-order chi connectivity index (χ0) is 15.4. The van der Waals surface area contributed by atoms with E-state index in [1.54, 1.807) is 0 Å². The van der Waals surface area contributed by atoms with Crippen molar-refractivity contribution in [3.05, 3.63) is 0 Å². The highest BCUT2D eigenvalue weighted by atomic mass is 16.4. The third-order valence-electron chi connectivity index (χ3n) is 6.05. The number of nitrogens with zero attached hydrogens (tertiary/aromatic N) is 1. The van der Waals surface area contributed by atoms with Gasteiger partial charge in [-0.2, -0.15) is 0 Å². The first-order valence-corrected chi connectivity index (χ1v) is 8.99. The summed E-state index contributed by atoms with van der Waals surface area (Å²) in [5.74, 6) is 0.712. The Morgan fingerprint density at radius 1 is 1.14 bits per heavy atom. The first-order chi connectivity index (χ1) is 10.0. The van der Waals surface area contributed by atoms with Crippen molar-refractivity contribution in [1.29, 1.82) is 0 Å². The van der Waals surface area contributed by atoms with Crippen LogP contribution in [0.15, 0.2) is 0 Å². The summed E-state index contributed by atoms with van der Waals surface area (Å²) < 4.78 is 0. The molecule has 0 radical (unpaired) electrons. The highest BCUT2D eigenvalue weighted by Crippen LogP contribution is 2.38. The summed E-state index contributed by atoms with van der Waals surface area (Å²) in [5.41, 5.74) is 0. The topological polar surface area (TPSA) is 40.5 Å². The van der Waals surface area contributed by atoms with Gasteiger partial charge in [-0.1, -0.05) is 39.5 Å². The summed E-state index contributed by atoms with van der Waals surface area (Å²) in [4.78, 5) is 14.1. The number of hydrogen-bond acceptors (Lipinski definition) is 2. The SMILES string of the molecule is CCCC1CCC(C(=O)O)C(N(C)C2CCCCC2C)C1. The number of aliphatic carboxylic acids is 1. The van der Waals surface area contributed by atoms with Gasteiger partial charge in [0.2, 0.25) is 0 Å². The minimum atomic E-state index is -0.578. The van der Waals surface area contributed by atoms with Gasteiger partial charge in [-0.15, -0.1) is 0 Å². The maximum absolute atomic E-state index is 11.7. The molecule has 0 spiro atoms. The van der Waals surface area contributed by atoms with Gasteiger partial charge in [0.1, 0.15) is 0 Å². The summed E-state index contributed by atoms with van der Waals surface area (Å²) in [6.45, 7) is 4.59. The molecule has 2 aliphatic carbocycles. The zero-order valence-corrected chi connectivity index (χ0v) is 14.1. The Hall–Kier alpha value is -0.570. The van der Waals surface area contributed by atoms with Gasteiger partial charge in [-0.25, -0.2) is 0 Å². The lowest BCUT2D eigenvalue weighted by molar-refractivity contribution is -0.147. The van der Waals surface area contributed by atoms with Crippen molar-refractivity contribution in [2.24, 2.45) is 17.8 Å². The van der Waals surface area contributed by atoms with E-state index < -0.39 is 5.97 Å². The number of carboxylic acids is 1. The molecule has 2 rings (SSSR count). The molecule has 5 unspecified atom stereocenters. The number of rotatable bonds is 5. The van der Waals surface area contributed by atoms with Gasteiger partial charge in [-0.3, -0.25) is 9.69 Å². The number of carbonyl (C=O) groups is 1. The van der Waals surface area contributed by atoms with Crippen molar-refractivity contribution in [3.8, 4) is 0 Å². The van der Waals surface area contributed by atoms with Crippen LogP contribution in [0.1, 0.15) is 71.6 Å². The summed E-state index contributed by atoms with van der Waals surface area (Å²) in [5, 5.41) is 9.61. The lowest BCUT2D eigenvalue weighted by atomic mass is 9.74. The largest absolute Gasteiger partial charge is 0.481 e. The van der Waals surface area contributed by atoms with Crippen LogP contribution in [0.4, 0.5) is 0 Å². The molecule has 0 aromatic heterocycles. The summed E-state index contributed by atoms with van der Waals surface area (Å²) in [7, 11) is 2.20. The molecule has 0 aromatic carbocycles. The molecular formula is C18H33NO2. The molecule has 1 N–H and O–H groups in total. The first-order valence-electron chi connectivity index (χ1n) is 8.99. The van der Waals surface area contributed by atoms with Crippen molar-refractivity contribution < 1.29 is 9.90 Å². The van der Waals surface area contributed by atoms with E-state index in [-0.39, 0.29) is 12.0 Å². The molecule has 0 amide bonds. The lowest BCUT2D eigenvalue weighted by Crippen LogP contribution is -2.52. The van der Waals surface area contributed by atoms with Crippen molar-refractivity contribution >= 4 is 5.97 Å². The van der Waals surface area contributed by atoms with Gasteiger partial charge in [-0.05, 0) is 51.0 Å². The molecule has 0 heterocycles. The average Bonchev–Trinajstić information content (AvgIpc) is 2.47. The van der Waals surface area contributed by atoms with Crippen LogP contribution in [0.25, 0.3) is 0 Å². The molecule has 5 atom stereocenters. The Labute approximate surface area is 130 Å². The third-order valence-corrected chi connectivity index (χ3v) is 6.05. The van der Waals surface area contributed by atoms with E-state index in [9.17, 15) is 9.90 Å². The van der Waals surface area contributed by atoms with Crippen LogP contribution in [0.3, 0.4) is 0 Å². The molecule has 2 saturated carbocycles. The van der Waals surface area contributed by atoms with E-state index in [4.69, 9.17) is 0 Å². The summed E-state index contributed by atoms with van der Waals surface area (Å²) >= 11 is 0. The average molecular weight is 295 g/mol. The van der Waals surface area contributed by atoms with Crippen LogP contribution < -0.4 is 0 Å². The highest BCUT2D eigenvalue weighted by Gasteiger charge is 2.40. The van der Waals surface area contributed by atoms with E-state index in [0.717, 1.165) is 25.2 Å². The van der Waals surface area contributed by atoms with E-state index in [2.05, 4.69) is 25.8 Å². The molecule has 3 nitrogen and oxygen atoms in total. The first kappa shape index (κ1) is 16.8. The fourth-order valence-electron chi connectivity index (χ4n) is 4.79. The summed E-state index contributed by atoms with van der Waals surface area (Å²) in [6.07, 6.45) is 10.8. The van der Waals surface area contributed by atoms with E-state index in [1.165, 1.54) is 38.5 Å². The maximum atomic E-state index is 11.7. The van der Waals surface area contributed by atoms with Gasteiger partial charge < -0.3 is 5.11 Å². The molecule has 2 aliphatic rings. The van der Waals surface area contributed by atoms with Crippen LogP contribution in [-0.4, -0.2) is 35.1 Å².